The minimum Gasteiger partial charge on any atom is -0.465 e. The molecule has 0 N–H and O–H groups in total. The summed E-state index contributed by atoms with van der Waals surface area (Å²) in [6.45, 7) is 0.686. The molecular weight excluding hydrogens is 302 g/mol. The summed E-state index contributed by atoms with van der Waals surface area (Å²) in [6, 6.07) is 15.3. The summed E-state index contributed by atoms with van der Waals surface area (Å²) in [5.41, 5.74) is 3.12. The van der Waals surface area contributed by atoms with Crippen LogP contribution in [0.3, 0.4) is 0 Å². The Hall–Kier alpha value is -2.88. The second-order valence-electron chi connectivity index (χ2n) is 5.70. The lowest BCUT2D eigenvalue weighted by molar-refractivity contribution is -0.117. The standard InChI is InChI=1S/C20H19NO3/c1-24-20(23)17-12-16(10-9-15-6-3-2-4-7-15)13-18(14-17)21-11-5-8-19(21)22/h2-4,6-7,9-10,12-14H,5,8,11H2,1H3. The van der Waals surface area contributed by atoms with Crippen molar-refractivity contribution in [1.82, 2.24) is 0 Å². The third-order valence-corrected chi connectivity index (χ3v) is 4.01. The summed E-state index contributed by atoms with van der Waals surface area (Å²) in [4.78, 5) is 25.7. The van der Waals surface area contributed by atoms with Crippen LogP contribution in [0.2, 0.25) is 0 Å². The van der Waals surface area contributed by atoms with E-state index in [0.29, 0.717) is 18.5 Å². The van der Waals surface area contributed by atoms with Gasteiger partial charge in [-0.05, 0) is 35.7 Å². The number of carbonyl (C=O) groups is 2. The fourth-order valence-electron chi connectivity index (χ4n) is 2.80. The molecule has 2 aromatic rings. The Morgan fingerprint density at radius 1 is 1.08 bits per heavy atom. The number of amides is 1. The molecule has 0 radical (unpaired) electrons. The second-order valence-corrected chi connectivity index (χ2v) is 5.70. The van der Waals surface area contributed by atoms with E-state index in [2.05, 4.69) is 0 Å². The Bertz CT molecular complexity index is 781. The van der Waals surface area contributed by atoms with E-state index in [9.17, 15) is 9.59 Å². The zero-order valence-corrected chi connectivity index (χ0v) is 13.6. The van der Waals surface area contributed by atoms with E-state index in [1.165, 1.54) is 7.11 Å². The summed E-state index contributed by atoms with van der Waals surface area (Å²) in [7, 11) is 1.36. The van der Waals surface area contributed by atoms with Gasteiger partial charge in [0.05, 0.1) is 12.7 Å². The Labute approximate surface area is 141 Å². The molecule has 0 spiro atoms. The topological polar surface area (TPSA) is 46.6 Å². The first kappa shape index (κ1) is 16.0. The molecule has 4 nitrogen and oxygen atoms in total. The minimum atomic E-state index is -0.405. The first-order chi connectivity index (χ1) is 11.7. The average molecular weight is 321 g/mol. The van der Waals surface area contributed by atoms with Crippen molar-refractivity contribution in [3.8, 4) is 0 Å². The molecule has 1 fully saturated rings. The summed E-state index contributed by atoms with van der Waals surface area (Å²) in [5.74, 6) is -0.312. The van der Waals surface area contributed by atoms with Gasteiger partial charge in [-0.15, -0.1) is 0 Å². The summed E-state index contributed by atoms with van der Waals surface area (Å²) in [6.07, 6.45) is 5.31. The van der Waals surface area contributed by atoms with Crippen LogP contribution in [-0.2, 0) is 9.53 Å². The Morgan fingerprint density at radius 2 is 1.83 bits per heavy atom. The molecule has 0 aromatic heterocycles. The van der Waals surface area contributed by atoms with Crippen molar-refractivity contribution in [2.45, 2.75) is 12.8 Å². The van der Waals surface area contributed by atoms with Gasteiger partial charge in [-0.25, -0.2) is 4.79 Å². The zero-order chi connectivity index (χ0) is 16.9. The summed E-state index contributed by atoms with van der Waals surface area (Å²) >= 11 is 0. The van der Waals surface area contributed by atoms with Crippen molar-refractivity contribution >= 4 is 29.7 Å². The number of ether oxygens (including phenoxy) is 1. The number of benzene rings is 2. The highest BCUT2D eigenvalue weighted by atomic mass is 16.5. The van der Waals surface area contributed by atoms with Crippen LogP contribution in [0.25, 0.3) is 12.2 Å². The molecule has 0 bridgehead atoms. The fourth-order valence-corrected chi connectivity index (χ4v) is 2.80. The third-order valence-electron chi connectivity index (χ3n) is 4.01. The Morgan fingerprint density at radius 3 is 2.50 bits per heavy atom. The van der Waals surface area contributed by atoms with Crippen LogP contribution < -0.4 is 4.90 Å². The van der Waals surface area contributed by atoms with Gasteiger partial charge in [0.2, 0.25) is 5.91 Å². The van der Waals surface area contributed by atoms with Gasteiger partial charge < -0.3 is 9.64 Å². The number of hydrogen-bond acceptors (Lipinski definition) is 3. The van der Waals surface area contributed by atoms with E-state index < -0.39 is 5.97 Å². The van der Waals surface area contributed by atoms with Crippen molar-refractivity contribution in [3.63, 3.8) is 0 Å². The molecule has 24 heavy (non-hydrogen) atoms. The number of rotatable bonds is 4. The molecule has 3 rings (SSSR count). The predicted molar refractivity (Wildman–Crippen MR) is 94.7 cm³/mol. The van der Waals surface area contributed by atoms with Gasteiger partial charge in [0.15, 0.2) is 0 Å². The van der Waals surface area contributed by atoms with Crippen LogP contribution >= 0.6 is 0 Å². The normalized spacial score (nSPS) is 14.4. The first-order valence-corrected chi connectivity index (χ1v) is 7.94. The van der Waals surface area contributed by atoms with Crippen molar-refractivity contribution < 1.29 is 14.3 Å². The molecule has 0 aliphatic carbocycles. The lowest BCUT2D eigenvalue weighted by atomic mass is 10.1. The predicted octanol–water partition coefficient (Wildman–Crippen LogP) is 3.77. The summed E-state index contributed by atoms with van der Waals surface area (Å²) < 4.78 is 4.83. The van der Waals surface area contributed by atoms with E-state index in [0.717, 1.165) is 23.2 Å². The van der Waals surface area contributed by atoms with Gasteiger partial charge in [-0.3, -0.25) is 4.79 Å². The number of hydrogen-bond donors (Lipinski definition) is 0. The van der Waals surface area contributed by atoms with E-state index in [-0.39, 0.29) is 5.91 Å². The highest BCUT2D eigenvalue weighted by Gasteiger charge is 2.23. The lowest BCUT2D eigenvalue weighted by Crippen LogP contribution is -2.24. The summed E-state index contributed by atoms with van der Waals surface area (Å²) in [5, 5.41) is 0. The lowest BCUT2D eigenvalue weighted by Gasteiger charge is -2.17. The van der Waals surface area contributed by atoms with Crippen molar-refractivity contribution in [2.24, 2.45) is 0 Å². The van der Waals surface area contributed by atoms with Gasteiger partial charge in [-0.1, -0.05) is 42.5 Å². The second kappa shape index (κ2) is 7.13. The highest BCUT2D eigenvalue weighted by Crippen LogP contribution is 2.25. The minimum absolute atomic E-state index is 0.0926. The van der Waals surface area contributed by atoms with Crippen molar-refractivity contribution in [2.75, 3.05) is 18.6 Å². The number of anilines is 1. The van der Waals surface area contributed by atoms with Gasteiger partial charge in [0.1, 0.15) is 0 Å². The average Bonchev–Trinajstić information content (AvgIpc) is 3.06. The smallest absolute Gasteiger partial charge is 0.337 e. The molecule has 4 heteroatoms. The maximum absolute atomic E-state index is 12.0. The third kappa shape index (κ3) is 3.54. The van der Waals surface area contributed by atoms with Gasteiger partial charge in [0.25, 0.3) is 0 Å². The maximum atomic E-state index is 12.0. The molecule has 1 aliphatic heterocycles. The Balaban J connectivity index is 1.97. The van der Waals surface area contributed by atoms with Gasteiger partial charge >= 0.3 is 5.97 Å². The SMILES string of the molecule is COC(=O)c1cc(C=Cc2ccccc2)cc(N2CCCC2=O)c1. The first-order valence-electron chi connectivity index (χ1n) is 7.94. The van der Waals surface area contributed by atoms with Crippen LogP contribution in [0.4, 0.5) is 5.69 Å². The monoisotopic (exact) mass is 321 g/mol. The molecule has 1 heterocycles. The number of carbonyl (C=O) groups excluding carboxylic acids is 2. The van der Waals surface area contributed by atoms with E-state index in [1.807, 2.05) is 48.6 Å². The maximum Gasteiger partial charge on any atom is 0.337 e. The number of nitrogens with zero attached hydrogens (tertiary/aromatic N) is 1. The van der Waals surface area contributed by atoms with E-state index >= 15 is 0 Å². The van der Waals surface area contributed by atoms with Gasteiger partial charge in [0, 0.05) is 18.7 Å². The highest BCUT2D eigenvalue weighted by molar-refractivity contribution is 5.98. The van der Waals surface area contributed by atoms with E-state index in [1.54, 1.807) is 17.0 Å². The molecule has 122 valence electrons. The number of methoxy groups -OCH3 is 1. The van der Waals surface area contributed by atoms with Crippen LogP contribution in [-0.4, -0.2) is 25.5 Å². The van der Waals surface area contributed by atoms with Crippen LogP contribution in [0, 0.1) is 0 Å². The molecule has 0 atom stereocenters. The molecule has 1 saturated heterocycles. The molecule has 1 amide bonds. The zero-order valence-electron chi connectivity index (χ0n) is 13.6. The van der Waals surface area contributed by atoms with Crippen molar-refractivity contribution in [1.29, 1.82) is 0 Å². The molecule has 1 aliphatic rings. The molecule has 0 saturated carbocycles. The van der Waals surface area contributed by atoms with E-state index in [4.69, 9.17) is 4.74 Å². The largest absolute Gasteiger partial charge is 0.465 e. The molecule has 0 unspecified atom stereocenters. The van der Waals surface area contributed by atoms with Crippen molar-refractivity contribution in [3.05, 3.63) is 65.2 Å². The quantitative estimate of drug-likeness (QED) is 0.636. The fraction of sp³-hybridized carbons (Fsp3) is 0.200. The van der Waals surface area contributed by atoms with Crippen LogP contribution in [0.15, 0.2) is 48.5 Å². The Kier molecular flexibility index (Phi) is 4.75. The molecule has 2 aromatic carbocycles. The van der Waals surface area contributed by atoms with Crippen LogP contribution in [0.5, 0.6) is 0 Å². The van der Waals surface area contributed by atoms with Gasteiger partial charge in [-0.2, -0.15) is 0 Å². The van der Waals surface area contributed by atoms with Crippen LogP contribution in [0.1, 0.15) is 34.3 Å². The molecular formula is C20H19NO3. The number of esters is 1.